The summed E-state index contributed by atoms with van der Waals surface area (Å²) in [4.78, 5) is 14.6. The second-order valence-corrected chi connectivity index (χ2v) is 9.76. The van der Waals surface area contributed by atoms with Gasteiger partial charge < -0.3 is 4.90 Å². The molecule has 144 valence electrons. The van der Waals surface area contributed by atoms with Crippen LogP contribution in [0.25, 0.3) is 0 Å². The molecule has 0 bridgehead atoms. The normalized spacial score (nSPS) is 21.4. The molecule has 1 atom stereocenters. The van der Waals surface area contributed by atoms with Gasteiger partial charge in [0.05, 0.1) is 5.75 Å². The summed E-state index contributed by atoms with van der Waals surface area (Å²) in [5.41, 5.74) is 2.25. The van der Waals surface area contributed by atoms with E-state index in [0.717, 1.165) is 37.9 Å². The molecule has 26 heavy (non-hydrogen) atoms. The molecule has 3 rings (SSSR count). The maximum absolute atomic E-state index is 12.7. The lowest BCUT2D eigenvalue weighted by atomic mass is 9.93. The molecule has 1 fully saturated rings. The molecule has 2 aliphatic rings. The smallest absolute Gasteiger partial charge is 0.226 e. The standard InChI is InChI=1S/C20H30N2O3S/c1-17-15-18-9-3-4-10-19(18)22(16-17)20(23)11-5-8-14-26(24,25)21-12-6-2-7-13-21/h3-4,9-10,17H,2,5-8,11-16H2,1H3. The lowest BCUT2D eigenvalue weighted by Crippen LogP contribution is -2.39. The highest BCUT2D eigenvalue weighted by atomic mass is 32.2. The Hall–Kier alpha value is -1.40. The van der Waals surface area contributed by atoms with Gasteiger partial charge >= 0.3 is 0 Å². The van der Waals surface area contributed by atoms with E-state index in [9.17, 15) is 13.2 Å². The van der Waals surface area contributed by atoms with Gasteiger partial charge in [-0.15, -0.1) is 0 Å². The molecule has 0 saturated carbocycles. The Morgan fingerprint density at radius 3 is 2.62 bits per heavy atom. The van der Waals surface area contributed by atoms with Crippen LogP contribution in [0.2, 0.25) is 0 Å². The van der Waals surface area contributed by atoms with Crippen molar-refractivity contribution in [2.45, 2.75) is 51.9 Å². The summed E-state index contributed by atoms with van der Waals surface area (Å²) in [6.07, 6.45) is 5.64. The van der Waals surface area contributed by atoms with Gasteiger partial charge in [0.25, 0.3) is 0 Å². The third-order valence-electron chi connectivity index (χ3n) is 5.40. The summed E-state index contributed by atoms with van der Waals surface area (Å²) in [5, 5.41) is 0. The number of amides is 1. The minimum absolute atomic E-state index is 0.111. The summed E-state index contributed by atoms with van der Waals surface area (Å²) < 4.78 is 26.4. The molecule has 0 N–H and O–H groups in total. The number of nitrogens with zero attached hydrogens (tertiary/aromatic N) is 2. The average Bonchev–Trinajstić information content (AvgIpc) is 2.65. The summed E-state index contributed by atoms with van der Waals surface area (Å²) in [6.45, 7) is 4.23. The number of hydrogen-bond donors (Lipinski definition) is 0. The van der Waals surface area contributed by atoms with Crippen molar-refractivity contribution in [3.05, 3.63) is 29.8 Å². The van der Waals surface area contributed by atoms with Crippen LogP contribution in [0.3, 0.4) is 0 Å². The van der Waals surface area contributed by atoms with Gasteiger partial charge in [-0.3, -0.25) is 4.79 Å². The number of piperidine rings is 1. The number of para-hydroxylation sites is 1. The minimum atomic E-state index is -3.16. The highest BCUT2D eigenvalue weighted by Crippen LogP contribution is 2.30. The fourth-order valence-electron chi connectivity index (χ4n) is 4.00. The molecule has 1 saturated heterocycles. The maximum Gasteiger partial charge on any atom is 0.226 e. The lowest BCUT2D eigenvalue weighted by molar-refractivity contribution is -0.118. The van der Waals surface area contributed by atoms with Crippen LogP contribution >= 0.6 is 0 Å². The summed E-state index contributed by atoms with van der Waals surface area (Å²) in [6, 6.07) is 8.10. The first-order valence-corrected chi connectivity index (χ1v) is 11.4. The van der Waals surface area contributed by atoms with Crippen LogP contribution in [0, 0.1) is 5.92 Å². The average molecular weight is 379 g/mol. The second kappa shape index (κ2) is 8.53. The zero-order chi connectivity index (χ0) is 18.6. The van der Waals surface area contributed by atoms with E-state index in [1.165, 1.54) is 5.56 Å². The molecule has 0 spiro atoms. The Morgan fingerprint density at radius 1 is 1.12 bits per heavy atom. The highest BCUT2D eigenvalue weighted by molar-refractivity contribution is 7.89. The molecule has 1 amide bonds. The zero-order valence-corrected chi connectivity index (χ0v) is 16.5. The van der Waals surface area contributed by atoms with E-state index in [2.05, 4.69) is 13.0 Å². The Labute approximate surface area is 157 Å². The first kappa shape index (κ1) is 19.4. The molecule has 1 aromatic rings. The number of carbonyl (C=O) groups is 1. The largest absolute Gasteiger partial charge is 0.312 e. The molecule has 0 aromatic heterocycles. The third kappa shape index (κ3) is 4.65. The van der Waals surface area contributed by atoms with Gasteiger partial charge in [0.15, 0.2) is 0 Å². The van der Waals surface area contributed by atoms with E-state index in [1.54, 1.807) is 4.31 Å². The lowest BCUT2D eigenvalue weighted by Gasteiger charge is -2.33. The first-order chi connectivity index (χ1) is 12.5. The maximum atomic E-state index is 12.7. The number of unbranched alkanes of at least 4 members (excludes halogenated alkanes) is 1. The fraction of sp³-hybridized carbons (Fsp3) is 0.650. The third-order valence-corrected chi connectivity index (χ3v) is 7.35. The van der Waals surface area contributed by atoms with Gasteiger partial charge in [0, 0.05) is 31.7 Å². The van der Waals surface area contributed by atoms with Crippen LogP contribution in [0.1, 0.15) is 51.0 Å². The van der Waals surface area contributed by atoms with Crippen molar-refractivity contribution in [1.29, 1.82) is 0 Å². The van der Waals surface area contributed by atoms with Gasteiger partial charge in [0.2, 0.25) is 15.9 Å². The van der Waals surface area contributed by atoms with Crippen LogP contribution < -0.4 is 4.90 Å². The number of sulfonamides is 1. The van der Waals surface area contributed by atoms with Gasteiger partial charge in [-0.05, 0) is 49.7 Å². The van der Waals surface area contributed by atoms with E-state index in [-0.39, 0.29) is 11.7 Å². The van der Waals surface area contributed by atoms with Crippen molar-refractivity contribution >= 4 is 21.6 Å². The summed E-state index contributed by atoms with van der Waals surface area (Å²) >= 11 is 0. The van der Waals surface area contributed by atoms with E-state index >= 15 is 0 Å². The minimum Gasteiger partial charge on any atom is -0.312 e. The number of fused-ring (bicyclic) bond motifs is 1. The molecule has 5 nitrogen and oxygen atoms in total. The van der Waals surface area contributed by atoms with Gasteiger partial charge in [-0.1, -0.05) is 31.5 Å². The second-order valence-electron chi connectivity index (χ2n) is 7.68. The van der Waals surface area contributed by atoms with Crippen LogP contribution in [0.15, 0.2) is 24.3 Å². The summed E-state index contributed by atoms with van der Waals surface area (Å²) in [5.74, 6) is 0.723. The van der Waals surface area contributed by atoms with Crippen molar-refractivity contribution < 1.29 is 13.2 Å². The molecular weight excluding hydrogens is 348 g/mol. The van der Waals surface area contributed by atoms with E-state index in [0.29, 0.717) is 38.3 Å². The van der Waals surface area contributed by atoms with Crippen molar-refractivity contribution in [2.75, 3.05) is 30.3 Å². The molecule has 0 radical (unpaired) electrons. The quantitative estimate of drug-likeness (QED) is 0.714. The van der Waals surface area contributed by atoms with Crippen molar-refractivity contribution in [2.24, 2.45) is 5.92 Å². The first-order valence-electron chi connectivity index (χ1n) is 9.83. The Morgan fingerprint density at radius 2 is 1.85 bits per heavy atom. The van der Waals surface area contributed by atoms with Crippen molar-refractivity contribution in [3.8, 4) is 0 Å². The van der Waals surface area contributed by atoms with Gasteiger partial charge in [0.1, 0.15) is 0 Å². The van der Waals surface area contributed by atoms with Crippen molar-refractivity contribution in [1.82, 2.24) is 4.31 Å². The molecule has 1 aromatic carbocycles. The topological polar surface area (TPSA) is 57.7 Å². The van der Waals surface area contributed by atoms with Crippen LogP contribution in [-0.4, -0.2) is 44.0 Å². The van der Waals surface area contributed by atoms with Crippen LogP contribution in [0.4, 0.5) is 5.69 Å². The van der Waals surface area contributed by atoms with Gasteiger partial charge in [-0.2, -0.15) is 0 Å². The number of rotatable bonds is 6. The predicted molar refractivity (Wildman–Crippen MR) is 105 cm³/mol. The Kier molecular flexibility index (Phi) is 6.35. The Balaban J connectivity index is 1.50. The fourth-order valence-corrected chi connectivity index (χ4v) is 5.64. The monoisotopic (exact) mass is 378 g/mol. The molecule has 1 unspecified atom stereocenters. The zero-order valence-electron chi connectivity index (χ0n) is 15.7. The molecule has 6 heteroatoms. The van der Waals surface area contributed by atoms with Crippen molar-refractivity contribution in [3.63, 3.8) is 0 Å². The van der Waals surface area contributed by atoms with Gasteiger partial charge in [-0.25, -0.2) is 12.7 Å². The number of hydrogen-bond acceptors (Lipinski definition) is 3. The molecule has 2 heterocycles. The number of benzene rings is 1. The summed E-state index contributed by atoms with van der Waals surface area (Å²) in [7, 11) is -3.16. The van der Waals surface area contributed by atoms with E-state index in [4.69, 9.17) is 0 Å². The molecule has 2 aliphatic heterocycles. The Bertz CT molecular complexity index is 726. The van der Waals surface area contributed by atoms with Crippen LogP contribution in [-0.2, 0) is 21.2 Å². The van der Waals surface area contributed by atoms with E-state index in [1.807, 2.05) is 23.1 Å². The molecular formula is C20H30N2O3S. The predicted octanol–water partition coefficient (Wildman–Crippen LogP) is 3.20. The highest BCUT2D eigenvalue weighted by Gasteiger charge is 2.26. The van der Waals surface area contributed by atoms with E-state index < -0.39 is 10.0 Å². The van der Waals surface area contributed by atoms with Crippen LogP contribution in [0.5, 0.6) is 0 Å². The SMILES string of the molecule is CC1Cc2ccccc2N(C(=O)CCCCS(=O)(=O)N2CCCCC2)C1. The molecule has 0 aliphatic carbocycles. The number of carbonyl (C=O) groups excluding carboxylic acids is 1. The number of anilines is 1.